The Morgan fingerprint density at radius 3 is 2.44 bits per heavy atom. The highest BCUT2D eigenvalue weighted by Crippen LogP contribution is 2.30. The van der Waals surface area contributed by atoms with Crippen LogP contribution in [0.25, 0.3) is 22.3 Å². The smallest absolute Gasteiger partial charge is 0.265 e. The van der Waals surface area contributed by atoms with E-state index < -0.39 is 0 Å². The van der Waals surface area contributed by atoms with Crippen molar-refractivity contribution in [2.75, 3.05) is 18.0 Å². The molecule has 0 amide bonds. The van der Waals surface area contributed by atoms with Gasteiger partial charge in [-0.3, -0.25) is 9.36 Å². The van der Waals surface area contributed by atoms with Crippen molar-refractivity contribution in [3.05, 3.63) is 82.8 Å². The van der Waals surface area contributed by atoms with Gasteiger partial charge >= 0.3 is 0 Å². The SMILES string of the molecule is O=c1c2c(N3CCCCC3)nccc2nc(-c2ccccc2O)n1CCc1ccccc1. The lowest BCUT2D eigenvalue weighted by atomic mass is 10.1. The molecule has 1 N–H and O–H groups in total. The number of nitrogens with zero attached hydrogens (tertiary/aromatic N) is 4. The predicted octanol–water partition coefficient (Wildman–Crippen LogP) is 4.40. The van der Waals surface area contributed by atoms with Crippen LogP contribution in [0.5, 0.6) is 5.75 Å². The van der Waals surface area contributed by atoms with Gasteiger partial charge in [0.15, 0.2) is 0 Å². The molecule has 6 heteroatoms. The topological polar surface area (TPSA) is 71.2 Å². The van der Waals surface area contributed by atoms with E-state index in [-0.39, 0.29) is 11.3 Å². The molecule has 1 saturated heterocycles. The Morgan fingerprint density at radius 1 is 0.906 bits per heavy atom. The minimum absolute atomic E-state index is 0.109. The molecule has 0 unspecified atom stereocenters. The molecule has 0 spiro atoms. The summed E-state index contributed by atoms with van der Waals surface area (Å²) in [6, 6.07) is 18.9. The molecule has 1 aliphatic rings. The second-order valence-electron chi connectivity index (χ2n) is 8.22. The van der Waals surface area contributed by atoms with E-state index in [2.05, 4.69) is 22.0 Å². The quantitative estimate of drug-likeness (QED) is 0.512. The van der Waals surface area contributed by atoms with Crippen LogP contribution in [0.1, 0.15) is 24.8 Å². The molecule has 5 rings (SSSR count). The van der Waals surface area contributed by atoms with Crippen LogP contribution in [0.3, 0.4) is 0 Å². The fourth-order valence-corrected chi connectivity index (χ4v) is 4.45. The molecule has 6 nitrogen and oxygen atoms in total. The Kier molecular flexibility index (Phi) is 5.58. The molecule has 2 aromatic carbocycles. The summed E-state index contributed by atoms with van der Waals surface area (Å²) in [5.41, 5.74) is 2.19. The summed E-state index contributed by atoms with van der Waals surface area (Å²) in [7, 11) is 0. The Bertz CT molecular complexity index is 1290. The average Bonchev–Trinajstić information content (AvgIpc) is 2.84. The number of hydrogen-bond donors (Lipinski definition) is 1. The summed E-state index contributed by atoms with van der Waals surface area (Å²) in [4.78, 5) is 25.6. The van der Waals surface area contributed by atoms with Crippen LogP contribution < -0.4 is 10.5 Å². The zero-order valence-corrected chi connectivity index (χ0v) is 17.9. The summed E-state index contributed by atoms with van der Waals surface area (Å²) in [5.74, 6) is 1.31. The van der Waals surface area contributed by atoms with Crippen molar-refractivity contribution < 1.29 is 5.11 Å². The molecule has 32 heavy (non-hydrogen) atoms. The number of pyridine rings is 1. The van der Waals surface area contributed by atoms with Gasteiger partial charge in [-0.2, -0.15) is 0 Å². The average molecular weight is 427 g/mol. The molecule has 0 saturated carbocycles. The van der Waals surface area contributed by atoms with E-state index in [0.29, 0.717) is 35.3 Å². The number of anilines is 1. The molecule has 162 valence electrons. The first-order valence-corrected chi connectivity index (χ1v) is 11.2. The van der Waals surface area contributed by atoms with Crippen molar-refractivity contribution in [2.45, 2.75) is 32.2 Å². The Balaban J connectivity index is 1.69. The van der Waals surface area contributed by atoms with Gasteiger partial charge in [0.2, 0.25) is 0 Å². The van der Waals surface area contributed by atoms with Crippen LogP contribution >= 0.6 is 0 Å². The maximum atomic E-state index is 13.9. The van der Waals surface area contributed by atoms with E-state index >= 15 is 0 Å². The minimum atomic E-state index is -0.113. The summed E-state index contributed by atoms with van der Waals surface area (Å²) >= 11 is 0. The highest BCUT2D eigenvalue weighted by atomic mass is 16.3. The third-order valence-corrected chi connectivity index (χ3v) is 6.12. The molecule has 3 heterocycles. The predicted molar refractivity (Wildman–Crippen MR) is 127 cm³/mol. The van der Waals surface area contributed by atoms with Crippen molar-refractivity contribution in [1.82, 2.24) is 14.5 Å². The minimum Gasteiger partial charge on any atom is -0.507 e. The van der Waals surface area contributed by atoms with Crippen molar-refractivity contribution in [1.29, 1.82) is 0 Å². The van der Waals surface area contributed by atoms with Crippen molar-refractivity contribution in [2.24, 2.45) is 0 Å². The van der Waals surface area contributed by atoms with Gasteiger partial charge in [0.25, 0.3) is 5.56 Å². The molecule has 0 radical (unpaired) electrons. The highest BCUT2D eigenvalue weighted by molar-refractivity contribution is 5.90. The largest absolute Gasteiger partial charge is 0.507 e. The number of rotatable bonds is 5. The van der Waals surface area contributed by atoms with Crippen LogP contribution in [0.15, 0.2) is 71.7 Å². The molecule has 0 aliphatic carbocycles. The number of aromatic hydroxyl groups is 1. The lowest BCUT2D eigenvalue weighted by Crippen LogP contribution is -2.33. The Hall–Kier alpha value is -3.67. The van der Waals surface area contributed by atoms with Crippen LogP contribution in [-0.2, 0) is 13.0 Å². The second kappa shape index (κ2) is 8.83. The van der Waals surface area contributed by atoms with Gasteiger partial charge < -0.3 is 10.0 Å². The fraction of sp³-hybridized carbons (Fsp3) is 0.269. The van der Waals surface area contributed by atoms with E-state index in [0.717, 1.165) is 37.3 Å². The monoisotopic (exact) mass is 426 g/mol. The van der Waals surface area contributed by atoms with Crippen LogP contribution in [-0.4, -0.2) is 32.7 Å². The molecule has 0 bridgehead atoms. The first-order chi connectivity index (χ1) is 15.7. The van der Waals surface area contributed by atoms with Crippen LogP contribution in [0, 0.1) is 0 Å². The Morgan fingerprint density at radius 2 is 1.66 bits per heavy atom. The third kappa shape index (κ3) is 3.84. The number of phenols is 1. The van der Waals surface area contributed by atoms with E-state index in [1.54, 1.807) is 35.0 Å². The summed E-state index contributed by atoms with van der Waals surface area (Å²) in [6.45, 7) is 2.26. The van der Waals surface area contributed by atoms with Crippen molar-refractivity contribution in [3.63, 3.8) is 0 Å². The highest BCUT2D eigenvalue weighted by Gasteiger charge is 2.21. The van der Waals surface area contributed by atoms with Gasteiger partial charge in [-0.1, -0.05) is 42.5 Å². The lowest BCUT2D eigenvalue weighted by molar-refractivity contribution is 0.476. The number of piperidine rings is 1. The van der Waals surface area contributed by atoms with Gasteiger partial charge in [0.1, 0.15) is 22.8 Å². The molecule has 4 aromatic rings. The van der Waals surface area contributed by atoms with E-state index in [4.69, 9.17) is 4.98 Å². The van der Waals surface area contributed by atoms with Gasteiger partial charge in [-0.25, -0.2) is 9.97 Å². The normalized spacial score (nSPS) is 14.1. The summed E-state index contributed by atoms with van der Waals surface area (Å²) in [6.07, 6.45) is 5.82. The van der Waals surface area contributed by atoms with Gasteiger partial charge in [0.05, 0.1) is 11.1 Å². The first kappa shape index (κ1) is 20.2. The van der Waals surface area contributed by atoms with Gasteiger partial charge in [-0.05, 0) is 49.4 Å². The number of hydrogen-bond acceptors (Lipinski definition) is 5. The van der Waals surface area contributed by atoms with Crippen LogP contribution in [0.2, 0.25) is 0 Å². The number of fused-ring (bicyclic) bond motifs is 1. The molecule has 2 aromatic heterocycles. The second-order valence-corrected chi connectivity index (χ2v) is 8.22. The van der Waals surface area contributed by atoms with Crippen molar-refractivity contribution >= 4 is 16.7 Å². The number of aromatic nitrogens is 3. The fourth-order valence-electron chi connectivity index (χ4n) is 4.45. The molecule has 1 aliphatic heterocycles. The van der Waals surface area contributed by atoms with Gasteiger partial charge in [-0.15, -0.1) is 0 Å². The number of benzene rings is 2. The molecule has 0 atom stereocenters. The van der Waals surface area contributed by atoms with Gasteiger partial charge in [0, 0.05) is 25.8 Å². The summed E-state index contributed by atoms with van der Waals surface area (Å²) in [5, 5.41) is 11.1. The number of para-hydroxylation sites is 1. The maximum absolute atomic E-state index is 13.9. The zero-order valence-electron chi connectivity index (χ0n) is 17.9. The van der Waals surface area contributed by atoms with E-state index in [1.807, 2.05) is 24.3 Å². The standard InChI is InChI=1S/C26H26N4O2/c31-22-12-6-5-11-20(22)24-28-21-13-15-27-25(29-16-7-2-8-17-29)23(21)26(32)30(24)18-14-19-9-3-1-4-10-19/h1,3-6,9-13,15,31H,2,7-8,14,16-18H2. The number of phenolic OH excluding ortho intramolecular Hbond substituents is 1. The third-order valence-electron chi connectivity index (χ3n) is 6.12. The number of aryl methyl sites for hydroxylation is 1. The van der Waals surface area contributed by atoms with E-state index in [9.17, 15) is 9.90 Å². The lowest BCUT2D eigenvalue weighted by Gasteiger charge is -2.28. The first-order valence-electron chi connectivity index (χ1n) is 11.2. The van der Waals surface area contributed by atoms with E-state index in [1.165, 1.54) is 6.42 Å². The van der Waals surface area contributed by atoms with Crippen LogP contribution in [0.4, 0.5) is 5.82 Å². The van der Waals surface area contributed by atoms with Crippen molar-refractivity contribution in [3.8, 4) is 17.1 Å². The maximum Gasteiger partial charge on any atom is 0.265 e. The Labute approximate surface area is 186 Å². The molecular weight excluding hydrogens is 400 g/mol. The zero-order chi connectivity index (χ0) is 21.9. The summed E-state index contributed by atoms with van der Waals surface area (Å²) < 4.78 is 1.69. The molecule has 1 fully saturated rings. The molecular formula is C26H26N4O2.